The number of nitrogens with one attached hydrogen (secondary N) is 1. The van der Waals surface area contributed by atoms with Gasteiger partial charge in [0.25, 0.3) is 5.91 Å². The first-order valence-corrected chi connectivity index (χ1v) is 8.27. The minimum absolute atomic E-state index is 0. The maximum absolute atomic E-state index is 12.6. The van der Waals surface area contributed by atoms with Crippen LogP contribution in [0, 0.1) is 5.92 Å². The van der Waals surface area contributed by atoms with Gasteiger partial charge < -0.3 is 20.5 Å². The number of hydrogen-bond acceptors (Lipinski definition) is 4. The highest BCUT2D eigenvalue weighted by atomic mass is 35.5. The van der Waals surface area contributed by atoms with Gasteiger partial charge in [-0.1, -0.05) is 13.8 Å². The number of hydrogen-bond donors (Lipinski definition) is 2. The molecule has 0 fully saturated rings. The van der Waals surface area contributed by atoms with Crippen LogP contribution in [-0.4, -0.2) is 31.2 Å². The van der Waals surface area contributed by atoms with E-state index in [9.17, 15) is 4.79 Å². The molecule has 5 nitrogen and oxygen atoms in total. The van der Waals surface area contributed by atoms with Gasteiger partial charge in [-0.2, -0.15) is 0 Å². The second-order valence-electron chi connectivity index (χ2n) is 6.34. The lowest BCUT2D eigenvalue weighted by Gasteiger charge is -2.31. The molecule has 3 N–H and O–H groups in total. The van der Waals surface area contributed by atoms with Crippen molar-refractivity contribution in [3.05, 3.63) is 23.8 Å². The Kier molecular flexibility index (Phi) is 9.78. The number of nitrogens with two attached hydrogens (primary N) is 1. The SMILES string of the molecule is CCOc1ccc(C(=O)NC(C)(CN)CC(C)C)cc1OCC.Cl. The number of amides is 1. The van der Waals surface area contributed by atoms with Crippen LogP contribution in [0.25, 0.3) is 0 Å². The van der Waals surface area contributed by atoms with Crippen molar-refractivity contribution in [3.8, 4) is 11.5 Å². The van der Waals surface area contributed by atoms with Gasteiger partial charge in [0.2, 0.25) is 0 Å². The van der Waals surface area contributed by atoms with Crippen LogP contribution in [0.15, 0.2) is 18.2 Å². The maximum atomic E-state index is 12.6. The average molecular weight is 359 g/mol. The monoisotopic (exact) mass is 358 g/mol. The molecule has 1 amide bonds. The highest BCUT2D eigenvalue weighted by Gasteiger charge is 2.26. The molecule has 0 aromatic heterocycles. The van der Waals surface area contributed by atoms with Crippen LogP contribution < -0.4 is 20.5 Å². The lowest BCUT2D eigenvalue weighted by molar-refractivity contribution is 0.0897. The molecule has 0 radical (unpaired) electrons. The second kappa shape index (κ2) is 10.4. The Hall–Kier alpha value is -1.46. The first kappa shape index (κ1) is 22.5. The van der Waals surface area contributed by atoms with E-state index in [2.05, 4.69) is 19.2 Å². The van der Waals surface area contributed by atoms with Crippen molar-refractivity contribution in [1.29, 1.82) is 0 Å². The predicted octanol–water partition coefficient (Wildman–Crippen LogP) is 3.40. The zero-order chi connectivity index (χ0) is 17.5. The van der Waals surface area contributed by atoms with Crippen LogP contribution >= 0.6 is 12.4 Å². The summed E-state index contributed by atoms with van der Waals surface area (Å²) in [6.45, 7) is 11.5. The number of benzene rings is 1. The van der Waals surface area contributed by atoms with E-state index in [0.29, 0.717) is 42.7 Å². The fraction of sp³-hybridized carbons (Fsp3) is 0.611. The molecule has 1 atom stereocenters. The molecule has 1 aromatic rings. The quantitative estimate of drug-likeness (QED) is 0.709. The lowest BCUT2D eigenvalue weighted by Crippen LogP contribution is -2.52. The minimum Gasteiger partial charge on any atom is -0.490 e. The van der Waals surface area contributed by atoms with Crippen LogP contribution in [-0.2, 0) is 0 Å². The van der Waals surface area contributed by atoms with Crippen LogP contribution in [0.5, 0.6) is 11.5 Å². The van der Waals surface area contributed by atoms with E-state index in [1.165, 1.54) is 0 Å². The molecule has 0 aliphatic rings. The van der Waals surface area contributed by atoms with E-state index >= 15 is 0 Å². The summed E-state index contributed by atoms with van der Waals surface area (Å²) in [6, 6.07) is 5.23. The van der Waals surface area contributed by atoms with Crippen molar-refractivity contribution in [3.63, 3.8) is 0 Å². The van der Waals surface area contributed by atoms with Gasteiger partial charge in [0.1, 0.15) is 0 Å². The molecule has 1 rings (SSSR count). The Morgan fingerprint density at radius 1 is 1.21 bits per heavy atom. The first-order valence-electron chi connectivity index (χ1n) is 8.27. The van der Waals surface area contributed by atoms with Gasteiger partial charge in [0, 0.05) is 17.6 Å². The van der Waals surface area contributed by atoms with Gasteiger partial charge in [-0.05, 0) is 51.3 Å². The predicted molar refractivity (Wildman–Crippen MR) is 100 cm³/mol. The molecule has 0 saturated carbocycles. The third-order valence-electron chi connectivity index (χ3n) is 3.53. The highest BCUT2D eigenvalue weighted by molar-refractivity contribution is 5.95. The largest absolute Gasteiger partial charge is 0.490 e. The fourth-order valence-electron chi connectivity index (χ4n) is 2.63. The summed E-state index contributed by atoms with van der Waals surface area (Å²) >= 11 is 0. The van der Waals surface area contributed by atoms with Crippen LogP contribution in [0.1, 0.15) is 51.4 Å². The van der Waals surface area contributed by atoms with Crippen LogP contribution in [0.4, 0.5) is 0 Å². The van der Waals surface area contributed by atoms with Crippen molar-refractivity contribution < 1.29 is 14.3 Å². The molecule has 6 heteroatoms. The van der Waals surface area contributed by atoms with Gasteiger partial charge >= 0.3 is 0 Å². The number of halogens is 1. The Bertz CT molecular complexity index is 523. The van der Waals surface area contributed by atoms with E-state index in [-0.39, 0.29) is 18.3 Å². The molecule has 0 spiro atoms. The van der Waals surface area contributed by atoms with Crippen molar-refractivity contribution in [2.45, 2.75) is 46.6 Å². The second-order valence-corrected chi connectivity index (χ2v) is 6.34. The van der Waals surface area contributed by atoms with Crippen LogP contribution in [0.2, 0.25) is 0 Å². The van der Waals surface area contributed by atoms with Crippen molar-refractivity contribution >= 4 is 18.3 Å². The zero-order valence-corrected chi connectivity index (χ0v) is 16.2. The van der Waals surface area contributed by atoms with E-state index in [1.807, 2.05) is 20.8 Å². The molecule has 1 unspecified atom stereocenters. The van der Waals surface area contributed by atoms with Gasteiger partial charge in [-0.25, -0.2) is 0 Å². The van der Waals surface area contributed by atoms with Crippen molar-refractivity contribution in [1.82, 2.24) is 5.32 Å². The lowest BCUT2D eigenvalue weighted by atomic mass is 9.90. The van der Waals surface area contributed by atoms with Crippen LogP contribution in [0.3, 0.4) is 0 Å². The van der Waals surface area contributed by atoms with Gasteiger partial charge in [-0.15, -0.1) is 12.4 Å². The molecule has 24 heavy (non-hydrogen) atoms. The minimum atomic E-state index is -0.421. The maximum Gasteiger partial charge on any atom is 0.251 e. The summed E-state index contributed by atoms with van der Waals surface area (Å²) in [6.07, 6.45) is 0.824. The number of ether oxygens (including phenoxy) is 2. The third-order valence-corrected chi connectivity index (χ3v) is 3.53. The highest BCUT2D eigenvalue weighted by Crippen LogP contribution is 2.29. The summed E-state index contributed by atoms with van der Waals surface area (Å²) in [7, 11) is 0. The van der Waals surface area contributed by atoms with Gasteiger partial charge in [-0.3, -0.25) is 4.79 Å². The van der Waals surface area contributed by atoms with Crippen molar-refractivity contribution in [2.75, 3.05) is 19.8 Å². The van der Waals surface area contributed by atoms with Crippen molar-refractivity contribution in [2.24, 2.45) is 11.7 Å². The molecule has 0 saturated heterocycles. The topological polar surface area (TPSA) is 73.6 Å². The summed E-state index contributed by atoms with van der Waals surface area (Å²) in [5.41, 5.74) is 5.98. The van der Waals surface area contributed by atoms with E-state index in [0.717, 1.165) is 6.42 Å². The van der Waals surface area contributed by atoms with Gasteiger partial charge in [0.05, 0.1) is 13.2 Å². The standard InChI is InChI=1S/C18H30N2O3.ClH/c1-6-22-15-9-8-14(10-16(15)23-7-2)17(21)20-18(5,12-19)11-13(3)4;/h8-10,13H,6-7,11-12,19H2,1-5H3,(H,20,21);1H. The molecule has 1 aromatic carbocycles. The van der Waals surface area contributed by atoms with E-state index < -0.39 is 5.54 Å². The van der Waals surface area contributed by atoms with Gasteiger partial charge in [0.15, 0.2) is 11.5 Å². The molecular formula is C18H31ClN2O3. The molecule has 0 bridgehead atoms. The Balaban J connectivity index is 0.00000529. The number of carbonyl (C=O) groups excluding carboxylic acids is 1. The summed E-state index contributed by atoms with van der Waals surface area (Å²) in [5, 5.41) is 3.05. The zero-order valence-electron chi connectivity index (χ0n) is 15.3. The molecule has 0 aliphatic heterocycles. The number of carbonyl (C=O) groups is 1. The molecule has 138 valence electrons. The number of rotatable bonds is 9. The molecule has 0 heterocycles. The average Bonchev–Trinajstić information content (AvgIpc) is 2.48. The Morgan fingerprint density at radius 2 is 1.79 bits per heavy atom. The van der Waals surface area contributed by atoms with E-state index in [1.54, 1.807) is 18.2 Å². The fourth-order valence-corrected chi connectivity index (χ4v) is 2.63. The smallest absolute Gasteiger partial charge is 0.251 e. The summed E-state index contributed by atoms with van der Waals surface area (Å²) in [5.74, 6) is 1.53. The van der Waals surface area contributed by atoms with E-state index in [4.69, 9.17) is 15.2 Å². The molecular weight excluding hydrogens is 328 g/mol. The summed E-state index contributed by atoms with van der Waals surface area (Å²) < 4.78 is 11.1. The normalized spacial score (nSPS) is 13.0. The third kappa shape index (κ3) is 6.57. The Labute approximate surface area is 151 Å². The molecule has 0 aliphatic carbocycles. The Morgan fingerprint density at radius 3 is 2.29 bits per heavy atom. The first-order chi connectivity index (χ1) is 10.8. The summed E-state index contributed by atoms with van der Waals surface area (Å²) in [4.78, 5) is 12.6.